The van der Waals surface area contributed by atoms with Gasteiger partial charge in [-0.1, -0.05) is 0 Å². The molecule has 0 unspecified atom stereocenters. The van der Waals surface area contributed by atoms with Gasteiger partial charge in [-0.25, -0.2) is 0 Å². The van der Waals surface area contributed by atoms with Gasteiger partial charge in [0.1, 0.15) is 5.75 Å². The van der Waals surface area contributed by atoms with E-state index in [-0.39, 0.29) is 5.75 Å². The summed E-state index contributed by atoms with van der Waals surface area (Å²) in [7, 11) is 0. The minimum atomic E-state index is 0.279. The summed E-state index contributed by atoms with van der Waals surface area (Å²) in [5, 5.41) is 10.5. The molecule has 3 nitrogen and oxygen atoms in total. The quantitative estimate of drug-likeness (QED) is 0.863. The fourth-order valence-electron chi connectivity index (χ4n) is 1.57. The molecule has 1 aromatic carbocycles. The van der Waals surface area contributed by atoms with E-state index in [1.54, 1.807) is 12.1 Å². The van der Waals surface area contributed by atoms with Crippen LogP contribution < -0.4 is 5.73 Å². The molecule has 0 radical (unpaired) electrons. The Bertz CT molecular complexity index is 464. The zero-order valence-corrected chi connectivity index (χ0v) is 9.16. The highest BCUT2D eigenvalue weighted by molar-refractivity contribution is 9.10. The lowest BCUT2D eigenvalue weighted by Crippen LogP contribution is -2.09. The summed E-state index contributed by atoms with van der Waals surface area (Å²) in [5.74, 6) is 0.279. The van der Waals surface area contributed by atoms with Gasteiger partial charge in [-0.2, -0.15) is 0 Å². The van der Waals surface area contributed by atoms with E-state index in [0.29, 0.717) is 6.54 Å². The maximum atomic E-state index is 9.37. The van der Waals surface area contributed by atoms with E-state index in [2.05, 4.69) is 15.9 Å². The molecule has 0 aliphatic heterocycles. The minimum absolute atomic E-state index is 0.279. The first-order chi connectivity index (χ1) is 6.72. The summed E-state index contributed by atoms with van der Waals surface area (Å²) >= 11 is 3.46. The van der Waals surface area contributed by atoms with Gasteiger partial charge < -0.3 is 15.4 Å². The van der Waals surface area contributed by atoms with Crippen molar-refractivity contribution in [2.45, 2.75) is 6.54 Å². The molecule has 1 aromatic heterocycles. The second-order valence-electron chi connectivity index (χ2n) is 3.15. The first-order valence-electron chi connectivity index (χ1n) is 4.40. The molecule has 14 heavy (non-hydrogen) atoms. The predicted molar refractivity (Wildman–Crippen MR) is 60.4 cm³/mol. The van der Waals surface area contributed by atoms with Crippen molar-refractivity contribution < 1.29 is 5.11 Å². The van der Waals surface area contributed by atoms with Gasteiger partial charge in [-0.15, -0.1) is 0 Å². The topological polar surface area (TPSA) is 51.2 Å². The van der Waals surface area contributed by atoms with E-state index in [4.69, 9.17) is 5.73 Å². The van der Waals surface area contributed by atoms with Gasteiger partial charge in [-0.05, 0) is 34.1 Å². The Morgan fingerprint density at radius 3 is 2.86 bits per heavy atom. The van der Waals surface area contributed by atoms with E-state index in [9.17, 15) is 5.11 Å². The van der Waals surface area contributed by atoms with Crippen molar-refractivity contribution in [2.75, 3.05) is 6.54 Å². The normalized spacial score (nSPS) is 11.0. The van der Waals surface area contributed by atoms with Gasteiger partial charge in [0, 0.05) is 24.5 Å². The third kappa shape index (κ3) is 1.51. The Morgan fingerprint density at radius 2 is 2.14 bits per heavy atom. The lowest BCUT2D eigenvalue weighted by atomic mass is 10.2. The minimum Gasteiger partial charge on any atom is -0.508 e. The number of benzene rings is 1. The molecule has 0 saturated carbocycles. The van der Waals surface area contributed by atoms with Crippen LogP contribution in [0.5, 0.6) is 5.75 Å². The number of aromatic nitrogens is 1. The zero-order chi connectivity index (χ0) is 10.1. The smallest absolute Gasteiger partial charge is 0.117 e. The summed E-state index contributed by atoms with van der Waals surface area (Å²) in [6.07, 6.45) is 0. The Morgan fingerprint density at radius 1 is 1.36 bits per heavy atom. The summed E-state index contributed by atoms with van der Waals surface area (Å²) in [4.78, 5) is 0. The number of nitrogens with two attached hydrogens (primary N) is 1. The van der Waals surface area contributed by atoms with E-state index < -0.39 is 0 Å². The van der Waals surface area contributed by atoms with Crippen molar-refractivity contribution in [3.8, 4) is 5.75 Å². The lowest BCUT2D eigenvalue weighted by molar-refractivity contribution is 0.476. The number of hydrogen-bond acceptors (Lipinski definition) is 2. The van der Waals surface area contributed by atoms with Crippen molar-refractivity contribution in [2.24, 2.45) is 5.73 Å². The Labute approximate surface area is 90.3 Å². The Kier molecular flexibility index (Phi) is 2.48. The molecule has 0 spiro atoms. The van der Waals surface area contributed by atoms with E-state index in [0.717, 1.165) is 22.1 Å². The molecule has 0 amide bonds. The average Bonchev–Trinajstić information content (AvgIpc) is 2.45. The molecule has 4 heteroatoms. The van der Waals surface area contributed by atoms with Crippen LogP contribution in [0, 0.1) is 0 Å². The molecule has 0 fully saturated rings. The largest absolute Gasteiger partial charge is 0.508 e. The van der Waals surface area contributed by atoms with Crippen LogP contribution in [0.4, 0.5) is 0 Å². The van der Waals surface area contributed by atoms with Crippen molar-refractivity contribution in [1.29, 1.82) is 0 Å². The fourth-order valence-corrected chi connectivity index (χ4v) is 2.18. The van der Waals surface area contributed by atoms with Gasteiger partial charge in [0.05, 0.1) is 10.1 Å². The molecule has 0 bridgehead atoms. The molecular formula is C10H11BrN2O. The molecular weight excluding hydrogens is 244 g/mol. The highest BCUT2D eigenvalue weighted by Crippen LogP contribution is 2.26. The number of phenolic OH excluding ortho intramolecular Hbond substituents is 1. The first-order valence-corrected chi connectivity index (χ1v) is 5.19. The summed E-state index contributed by atoms with van der Waals surface area (Å²) in [6, 6.07) is 7.34. The average molecular weight is 255 g/mol. The third-order valence-electron chi connectivity index (χ3n) is 2.19. The second kappa shape index (κ2) is 3.63. The van der Waals surface area contributed by atoms with Gasteiger partial charge in [0.25, 0.3) is 0 Å². The molecule has 0 aliphatic carbocycles. The maximum Gasteiger partial charge on any atom is 0.117 e. The molecule has 0 atom stereocenters. The number of hydrogen-bond donors (Lipinski definition) is 2. The molecule has 1 heterocycles. The number of nitrogens with zero attached hydrogens (tertiary/aromatic N) is 1. The fraction of sp³-hybridized carbons (Fsp3) is 0.200. The monoisotopic (exact) mass is 254 g/mol. The van der Waals surface area contributed by atoms with E-state index in [1.807, 2.05) is 16.7 Å². The van der Waals surface area contributed by atoms with Crippen LogP contribution in [0.25, 0.3) is 10.9 Å². The Balaban J connectivity index is 2.66. The standard InChI is InChI=1S/C10H11BrN2O/c11-10-5-7-1-2-8(14)6-9(7)13(10)4-3-12/h1-2,5-6,14H,3-4,12H2. The van der Waals surface area contributed by atoms with Crippen LogP contribution >= 0.6 is 15.9 Å². The van der Waals surface area contributed by atoms with Gasteiger partial charge in [0.15, 0.2) is 0 Å². The van der Waals surface area contributed by atoms with Crippen molar-refractivity contribution >= 4 is 26.8 Å². The number of fused-ring (bicyclic) bond motifs is 1. The summed E-state index contributed by atoms with van der Waals surface area (Å²) < 4.78 is 3.03. The number of aromatic hydroxyl groups is 1. The van der Waals surface area contributed by atoms with Gasteiger partial charge >= 0.3 is 0 Å². The van der Waals surface area contributed by atoms with Crippen molar-refractivity contribution in [1.82, 2.24) is 4.57 Å². The molecule has 0 aliphatic rings. The van der Waals surface area contributed by atoms with Crippen molar-refractivity contribution in [3.05, 3.63) is 28.9 Å². The Hall–Kier alpha value is -1.00. The van der Waals surface area contributed by atoms with Crippen LogP contribution in [0.2, 0.25) is 0 Å². The van der Waals surface area contributed by atoms with Gasteiger partial charge in [-0.3, -0.25) is 0 Å². The van der Waals surface area contributed by atoms with Crippen molar-refractivity contribution in [3.63, 3.8) is 0 Å². The number of halogens is 1. The summed E-state index contributed by atoms with van der Waals surface area (Å²) in [6.45, 7) is 1.32. The third-order valence-corrected chi connectivity index (χ3v) is 2.85. The molecule has 2 aromatic rings. The number of rotatable bonds is 2. The van der Waals surface area contributed by atoms with E-state index in [1.165, 1.54) is 0 Å². The van der Waals surface area contributed by atoms with E-state index >= 15 is 0 Å². The van der Waals surface area contributed by atoms with Crippen LogP contribution in [0.15, 0.2) is 28.9 Å². The molecule has 0 saturated heterocycles. The zero-order valence-electron chi connectivity index (χ0n) is 7.57. The highest BCUT2D eigenvalue weighted by Gasteiger charge is 2.05. The first kappa shape index (κ1) is 9.55. The maximum absolute atomic E-state index is 9.37. The van der Waals surface area contributed by atoms with Crippen LogP contribution in [0.3, 0.4) is 0 Å². The highest BCUT2D eigenvalue weighted by atomic mass is 79.9. The van der Waals surface area contributed by atoms with Crippen LogP contribution in [-0.2, 0) is 6.54 Å². The van der Waals surface area contributed by atoms with Crippen LogP contribution in [0.1, 0.15) is 0 Å². The van der Waals surface area contributed by atoms with Gasteiger partial charge in [0.2, 0.25) is 0 Å². The molecule has 74 valence electrons. The molecule has 2 rings (SSSR count). The number of phenols is 1. The SMILES string of the molecule is NCCn1c(Br)cc2ccc(O)cc21. The second-order valence-corrected chi connectivity index (χ2v) is 3.96. The summed E-state index contributed by atoms with van der Waals surface area (Å²) in [5.41, 5.74) is 6.52. The lowest BCUT2D eigenvalue weighted by Gasteiger charge is -2.04. The van der Waals surface area contributed by atoms with Crippen LogP contribution in [-0.4, -0.2) is 16.2 Å². The predicted octanol–water partition coefficient (Wildman–Crippen LogP) is 2.07. The molecule has 3 N–H and O–H groups in total.